The van der Waals surface area contributed by atoms with Crippen LogP contribution in [0.25, 0.3) is 11.4 Å². The lowest BCUT2D eigenvalue weighted by Crippen LogP contribution is -2.05. The predicted octanol–water partition coefficient (Wildman–Crippen LogP) is 2.68. The molecule has 9 heteroatoms. The molecule has 1 aromatic carbocycles. The van der Waals surface area contributed by atoms with E-state index in [1.165, 1.54) is 0 Å². The minimum atomic E-state index is -4.55. The van der Waals surface area contributed by atoms with Crippen molar-refractivity contribution >= 4 is 15.9 Å². The van der Waals surface area contributed by atoms with E-state index in [-0.39, 0.29) is 28.3 Å². The van der Waals surface area contributed by atoms with Gasteiger partial charge < -0.3 is 15.4 Å². The van der Waals surface area contributed by atoms with Gasteiger partial charge >= 0.3 is 6.18 Å². The summed E-state index contributed by atoms with van der Waals surface area (Å²) in [4.78, 5) is 3.77. The molecule has 1 aromatic heterocycles. The molecule has 3 N–H and O–H groups in total. The Kier molecular flexibility index (Phi) is 3.50. The molecule has 1 heterocycles. The maximum atomic E-state index is 12.7. The molecule has 2 aromatic rings. The third-order valence-corrected chi connectivity index (χ3v) is 2.88. The first kappa shape index (κ1) is 13.8. The van der Waals surface area contributed by atoms with E-state index in [9.17, 15) is 18.3 Å². The van der Waals surface area contributed by atoms with Crippen molar-refractivity contribution in [1.29, 1.82) is 0 Å². The summed E-state index contributed by atoms with van der Waals surface area (Å²) in [5.74, 6) is -0.509. The summed E-state index contributed by atoms with van der Waals surface area (Å²) in [6.07, 6.45) is -4.55. The van der Waals surface area contributed by atoms with Crippen LogP contribution in [-0.4, -0.2) is 15.2 Å². The Bertz CT molecular complexity index is 613. The van der Waals surface area contributed by atoms with Gasteiger partial charge in [-0.25, -0.2) is 0 Å². The second-order valence-electron chi connectivity index (χ2n) is 3.57. The van der Waals surface area contributed by atoms with Crippen molar-refractivity contribution in [2.45, 2.75) is 12.7 Å². The van der Waals surface area contributed by atoms with E-state index in [0.29, 0.717) is 0 Å². The van der Waals surface area contributed by atoms with Crippen molar-refractivity contribution in [3.63, 3.8) is 0 Å². The standard InChI is InChI=1S/C10H7BrF3N3O2/c11-6-2-4(10(12,13)14)1-5(8(6)18)9-16-7(3-15)19-17-9/h1-2,18H,3,15H2. The zero-order valence-electron chi connectivity index (χ0n) is 9.20. The average Bonchev–Trinajstić information content (AvgIpc) is 2.79. The average molecular weight is 338 g/mol. The van der Waals surface area contributed by atoms with Gasteiger partial charge in [0.15, 0.2) is 0 Å². The Labute approximate surface area is 113 Å². The first-order valence-corrected chi connectivity index (χ1v) is 5.75. The number of rotatable bonds is 2. The monoisotopic (exact) mass is 337 g/mol. The quantitative estimate of drug-likeness (QED) is 0.879. The van der Waals surface area contributed by atoms with Crippen molar-refractivity contribution < 1.29 is 22.8 Å². The minimum Gasteiger partial charge on any atom is -0.506 e. The lowest BCUT2D eigenvalue weighted by atomic mass is 10.1. The molecule has 0 saturated carbocycles. The lowest BCUT2D eigenvalue weighted by Gasteiger charge is -2.10. The fourth-order valence-electron chi connectivity index (χ4n) is 1.38. The topological polar surface area (TPSA) is 85.2 Å². The van der Waals surface area contributed by atoms with Crippen LogP contribution in [0.1, 0.15) is 11.5 Å². The molecule has 0 spiro atoms. The van der Waals surface area contributed by atoms with Gasteiger partial charge in [-0.3, -0.25) is 0 Å². The summed E-state index contributed by atoms with van der Waals surface area (Å²) in [6.45, 7) is -0.0477. The predicted molar refractivity (Wildman–Crippen MR) is 62.0 cm³/mol. The summed E-state index contributed by atoms with van der Waals surface area (Å²) in [5, 5.41) is 13.2. The molecule has 19 heavy (non-hydrogen) atoms. The number of nitrogens with two attached hydrogens (primary N) is 1. The van der Waals surface area contributed by atoms with Crippen molar-refractivity contribution in [3.8, 4) is 17.1 Å². The van der Waals surface area contributed by atoms with Crippen molar-refractivity contribution in [1.82, 2.24) is 10.1 Å². The van der Waals surface area contributed by atoms with Crippen LogP contribution in [0.4, 0.5) is 13.2 Å². The first-order chi connectivity index (χ1) is 8.82. The largest absolute Gasteiger partial charge is 0.506 e. The Morgan fingerprint density at radius 2 is 2.05 bits per heavy atom. The highest BCUT2D eigenvalue weighted by Gasteiger charge is 2.32. The number of aromatic hydroxyl groups is 1. The SMILES string of the molecule is NCc1nc(-c2cc(C(F)(F)F)cc(Br)c2O)no1. The summed E-state index contributed by atoms with van der Waals surface area (Å²) < 4.78 is 42.6. The van der Waals surface area contributed by atoms with E-state index in [1.54, 1.807) is 0 Å². The maximum absolute atomic E-state index is 12.7. The number of phenols is 1. The Morgan fingerprint density at radius 3 is 2.58 bits per heavy atom. The van der Waals surface area contributed by atoms with Gasteiger partial charge in [0.05, 0.1) is 22.1 Å². The number of halogens is 4. The second-order valence-corrected chi connectivity index (χ2v) is 4.42. The van der Waals surface area contributed by atoms with E-state index in [0.717, 1.165) is 12.1 Å². The number of benzene rings is 1. The smallest absolute Gasteiger partial charge is 0.416 e. The Balaban J connectivity index is 2.59. The van der Waals surface area contributed by atoms with Gasteiger partial charge in [-0.05, 0) is 28.1 Å². The highest BCUT2D eigenvalue weighted by atomic mass is 79.9. The molecule has 0 unspecified atom stereocenters. The molecular weight excluding hydrogens is 331 g/mol. The van der Waals surface area contributed by atoms with Crippen molar-refractivity contribution in [2.75, 3.05) is 0 Å². The van der Waals surface area contributed by atoms with Crippen LogP contribution in [-0.2, 0) is 12.7 Å². The summed E-state index contributed by atoms with van der Waals surface area (Å²) in [7, 11) is 0. The van der Waals surface area contributed by atoms with Gasteiger partial charge in [0.1, 0.15) is 5.75 Å². The molecular formula is C10H7BrF3N3O2. The third kappa shape index (κ3) is 2.71. The van der Waals surface area contributed by atoms with Crippen LogP contribution >= 0.6 is 15.9 Å². The molecule has 0 radical (unpaired) electrons. The van der Waals surface area contributed by atoms with Crippen LogP contribution in [0.2, 0.25) is 0 Å². The maximum Gasteiger partial charge on any atom is 0.416 e. The highest BCUT2D eigenvalue weighted by molar-refractivity contribution is 9.10. The molecule has 2 rings (SSSR count). The zero-order valence-corrected chi connectivity index (χ0v) is 10.8. The zero-order chi connectivity index (χ0) is 14.2. The molecule has 5 nitrogen and oxygen atoms in total. The summed E-state index contributed by atoms with van der Waals surface area (Å²) >= 11 is 2.85. The normalized spacial score (nSPS) is 11.8. The second kappa shape index (κ2) is 4.82. The molecule has 0 saturated heterocycles. The molecule has 0 fully saturated rings. The number of hydrogen-bond acceptors (Lipinski definition) is 5. The van der Waals surface area contributed by atoms with E-state index in [1.807, 2.05) is 0 Å². The van der Waals surface area contributed by atoms with E-state index in [4.69, 9.17) is 10.3 Å². The number of phenolic OH excluding ortho intramolecular Hbond substituents is 1. The fourth-order valence-corrected chi connectivity index (χ4v) is 1.84. The Morgan fingerprint density at radius 1 is 1.37 bits per heavy atom. The van der Waals surface area contributed by atoms with Crippen LogP contribution in [0.5, 0.6) is 5.75 Å². The first-order valence-electron chi connectivity index (χ1n) is 4.95. The molecule has 0 aliphatic carbocycles. The van der Waals surface area contributed by atoms with Crippen LogP contribution in [0, 0.1) is 0 Å². The number of hydrogen-bond donors (Lipinski definition) is 2. The third-order valence-electron chi connectivity index (χ3n) is 2.27. The van der Waals surface area contributed by atoms with Gasteiger partial charge in [0.2, 0.25) is 11.7 Å². The minimum absolute atomic E-state index is 0.0477. The van der Waals surface area contributed by atoms with Crippen LogP contribution in [0.15, 0.2) is 21.1 Å². The summed E-state index contributed by atoms with van der Waals surface area (Å²) in [6, 6.07) is 1.51. The molecule has 0 amide bonds. The van der Waals surface area contributed by atoms with Crippen LogP contribution < -0.4 is 5.73 Å². The number of aromatic nitrogens is 2. The van der Waals surface area contributed by atoms with E-state index < -0.39 is 17.5 Å². The molecule has 0 aliphatic rings. The molecule has 0 aliphatic heterocycles. The molecule has 0 bridgehead atoms. The highest BCUT2D eigenvalue weighted by Crippen LogP contribution is 2.40. The van der Waals surface area contributed by atoms with Crippen molar-refractivity contribution in [2.24, 2.45) is 5.73 Å². The van der Waals surface area contributed by atoms with E-state index >= 15 is 0 Å². The molecule has 102 valence electrons. The van der Waals surface area contributed by atoms with Gasteiger partial charge in [-0.1, -0.05) is 5.16 Å². The number of alkyl halides is 3. The van der Waals surface area contributed by atoms with Gasteiger partial charge in [-0.15, -0.1) is 0 Å². The van der Waals surface area contributed by atoms with Crippen molar-refractivity contribution in [3.05, 3.63) is 28.1 Å². The summed E-state index contributed by atoms with van der Waals surface area (Å²) in [5.41, 5.74) is 4.13. The van der Waals surface area contributed by atoms with Crippen LogP contribution in [0.3, 0.4) is 0 Å². The van der Waals surface area contributed by atoms with Gasteiger partial charge in [0, 0.05) is 0 Å². The lowest BCUT2D eigenvalue weighted by molar-refractivity contribution is -0.137. The van der Waals surface area contributed by atoms with Gasteiger partial charge in [-0.2, -0.15) is 18.2 Å². The number of nitrogens with zero attached hydrogens (tertiary/aromatic N) is 2. The fraction of sp³-hybridized carbons (Fsp3) is 0.200. The molecule has 0 atom stereocenters. The van der Waals surface area contributed by atoms with Gasteiger partial charge in [0.25, 0.3) is 0 Å². The Hall–Kier alpha value is -1.61. The van der Waals surface area contributed by atoms with E-state index in [2.05, 4.69) is 26.1 Å².